The lowest BCUT2D eigenvalue weighted by Gasteiger charge is -2.31. The van der Waals surface area contributed by atoms with Crippen molar-refractivity contribution in [1.82, 2.24) is 4.98 Å². The fraction of sp³-hybridized carbons (Fsp3) is 0.105. The van der Waals surface area contributed by atoms with Gasteiger partial charge in [0.2, 0.25) is 11.8 Å². The number of para-hydroxylation sites is 1. The third-order valence-corrected chi connectivity index (χ3v) is 7.92. The molecule has 8 nitrogen and oxygen atoms in total. The molecule has 3 aromatic rings. The largest absolute Gasteiger partial charge is 0.324 e. The molecule has 154 valence electrons. The van der Waals surface area contributed by atoms with Gasteiger partial charge in [0.1, 0.15) is 0 Å². The number of anilines is 3. The van der Waals surface area contributed by atoms with Crippen molar-refractivity contribution < 1.29 is 18.0 Å². The van der Waals surface area contributed by atoms with Crippen molar-refractivity contribution in [2.75, 3.05) is 15.4 Å². The van der Waals surface area contributed by atoms with Crippen molar-refractivity contribution in [3.63, 3.8) is 0 Å². The molecule has 1 unspecified atom stereocenters. The molecule has 2 heterocycles. The van der Waals surface area contributed by atoms with Gasteiger partial charge in [0.05, 0.1) is 10.6 Å². The number of benzene rings is 2. The molecule has 30 heavy (non-hydrogen) atoms. The minimum Gasteiger partial charge on any atom is -0.324 e. The number of fused-ring (bicyclic) bond motifs is 1. The maximum Gasteiger partial charge on any atom is 0.263 e. The van der Waals surface area contributed by atoms with Gasteiger partial charge in [-0.1, -0.05) is 23.9 Å². The first-order valence-corrected chi connectivity index (χ1v) is 11.9. The molecule has 2 amide bonds. The highest BCUT2D eigenvalue weighted by atomic mass is 32.2. The lowest BCUT2D eigenvalue weighted by Crippen LogP contribution is -2.49. The van der Waals surface area contributed by atoms with Gasteiger partial charge in [-0.15, -0.1) is 11.3 Å². The molecule has 2 aromatic carbocycles. The van der Waals surface area contributed by atoms with Crippen LogP contribution in [0.5, 0.6) is 0 Å². The number of carbonyl (C=O) groups is 2. The lowest BCUT2D eigenvalue weighted by atomic mass is 10.1. The van der Waals surface area contributed by atoms with E-state index in [9.17, 15) is 18.0 Å². The van der Waals surface area contributed by atoms with Gasteiger partial charge in [0.25, 0.3) is 10.0 Å². The summed E-state index contributed by atoms with van der Waals surface area (Å²) in [6.45, 7) is 1.55. The minimum atomic E-state index is -3.79. The number of thiazole rings is 1. The smallest absolute Gasteiger partial charge is 0.263 e. The molecule has 0 spiro atoms. The average molecular weight is 461 g/mol. The highest BCUT2D eigenvalue weighted by Crippen LogP contribution is 2.42. The molecule has 0 saturated carbocycles. The van der Waals surface area contributed by atoms with Crippen LogP contribution in [-0.4, -0.2) is 30.0 Å². The fourth-order valence-electron chi connectivity index (χ4n) is 2.73. The second-order valence-electron chi connectivity index (χ2n) is 6.51. The number of thioether (sulfide) groups is 1. The van der Waals surface area contributed by atoms with E-state index < -0.39 is 26.6 Å². The topological polar surface area (TPSA) is 117 Å². The molecule has 1 aliphatic rings. The average Bonchev–Trinajstić information content (AvgIpc) is 3.21. The Kier molecular flexibility index (Phi) is 5.26. The van der Waals surface area contributed by atoms with E-state index in [1.54, 1.807) is 24.4 Å². The van der Waals surface area contributed by atoms with Crippen LogP contribution in [0.2, 0.25) is 0 Å². The van der Waals surface area contributed by atoms with Gasteiger partial charge in [0.15, 0.2) is 9.88 Å². The summed E-state index contributed by atoms with van der Waals surface area (Å²) in [7, 11) is -3.79. The monoisotopic (exact) mass is 460 g/mol. The highest BCUT2D eigenvalue weighted by molar-refractivity contribution is 8.02. The molecule has 0 aliphatic carbocycles. The van der Waals surface area contributed by atoms with E-state index in [0.29, 0.717) is 11.4 Å². The molecule has 1 atom stereocenters. The van der Waals surface area contributed by atoms with Crippen molar-refractivity contribution in [2.24, 2.45) is 0 Å². The van der Waals surface area contributed by atoms with E-state index in [0.717, 1.165) is 4.90 Å². The Morgan fingerprint density at radius 1 is 1.13 bits per heavy atom. The summed E-state index contributed by atoms with van der Waals surface area (Å²) in [6, 6.07) is 12.9. The van der Waals surface area contributed by atoms with Crippen molar-refractivity contribution in [3.05, 3.63) is 60.1 Å². The maximum absolute atomic E-state index is 12.9. The maximum atomic E-state index is 12.9. The number of hydrogen-bond donors (Lipinski definition) is 3. The number of nitrogens with one attached hydrogen (secondary N) is 3. The van der Waals surface area contributed by atoms with Crippen LogP contribution in [0, 0.1) is 0 Å². The number of sulfonamides is 1. The van der Waals surface area contributed by atoms with Crippen LogP contribution in [0.1, 0.15) is 6.92 Å². The predicted molar refractivity (Wildman–Crippen MR) is 117 cm³/mol. The Balaban J connectivity index is 1.49. The van der Waals surface area contributed by atoms with Gasteiger partial charge in [0, 0.05) is 22.2 Å². The highest BCUT2D eigenvalue weighted by Gasteiger charge is 2.45. The third kappa shape index (κ3) is 3.91. The zero-order valence-corrected chi connectivity index (χ0v) is 18.0. The van der Waals surface area contributed by atoms with Gasteiger partial charge < -0.3 is 10.6 Å². The van der Waals surface area contributed by atoms with Crippen molar-refractivity contribution >= 4 is 61.4 Å². The molecule has 0 bridgehead atoms. The Bertz CT molecular complexity index is 1210. The normalized spacial score (nSPS) is 18.2. The molecular formula is C19H16N4O4S3. The number of amides is 2. The zero-order valence-electron chi connectivity index (χ0n) is 15.6. The molecule has 11 heteroatoms. The number of aromatic nitrogens is 1. The van der Waals surface area contributed by atoms with Crippen LogP contribution in [0.25, 0.3) is 0 Å². The molecule has 1 aliphatic heterocycles. The van der Waals surface area contributed by atoms with Crippen molar-refractivity contribution in [1.29, 1.82) is 0 Å². The molecule has 0 radical (unpaired) electrons. The van der Waals surface area contributed by atoms with Crippen LogP contribution >= 0.6 is 23.1 Å². The fourth-order valence-corrected chi connectivity index (χ4v) is 5.62. The lowest BCUT2D eigenvalue weighted by molar-refractivity contribution is -0.126. The van der Waals surface area contributed by atoms with E-state index in [1.807, 2.05) is 12.1 Å². The van der Waals surface area contributed by atoms with Crippen LogP contribution < -0.4 is 15.4 Å². The summed E-state index contributed by atoms with van der Waals surface area (Å²) in [4.78, 5) is 30.2. The SMILES string of the molecule is CC1(C(=O)Nc2ccc(S(=O)(=O)Nc3nccs3)cc2)Sc2ccccc2NC1=O. The van der Waals surface area contributed by atoms with Gasteiger partial charge >= 0.3 is 0 Å². The van der Waals surface area contributed by atoms with Gasteiger partial charge in [-0.3, -0.25) is 14.3 Å². The molecule has 0 saturated heterocycles. The van der Waals surface area contributed by atoms with Gasteiger partial charge in [-0.05, 0) is 43.3 Å². The van der Waals surface area contributed by atoms with Crippen LogP contribution in [0.15, 0.2) is 69.9 Å². The number of carbonyl (C=O) groups excluding carboxylic acids is 2. The van der Waals surface area contributed by atoms with Crippen LogP contribution in [-0.2, 0) is 19.6 Å². The van der Waals surface area contributed by atoms with E-state index in [4.69, 9.17) is 0 Å². The Morgan fingerprint density at radius 3 is 2.57 bits per heavy atom. The zero-order chi connectivity index (χ0) is 21.4. The summed E-state index contributed by atoms with van der Waals surface area (Å²) < 4.78 is 25.8. The summed E-state index contributed by atoms with van der Waals surface area (Å²) >= 11 is 2.34. The third-order valence-electron chi connectivity index (χ3n) is 4.39. The van der Waals surface area contributed by atoms with Crippen LogP contribution in [0.4, 0.5) is 16.5 Å². The second-order valence-corrected chi connectivity index (χ2v) is 10.5. The second kappa shape index (κ2) is 7.74. The predicted octanol–water partition coefficient (Wildman–Crippen LogP) is 3.39. The van der Waals surface area contributed by atoms with Crippen molar-refractivity contribution in [2.45, 2.75) is 21.5 Å². The van der Waals surface area contributed by atoms with E-state index >= 15 is 0 Å². The first-order valence-electron chi connectivity index (χ1n) is 8.71. The summed E-state index contributed by atoms with van der Waals surface area (Å²) in [5.74, 6) is -0.924. The molecular weight excluding hydrogens is 444 g/mol. The van der Waals surface area contributed by atoms with Crippen molar-refractivity contribution in [3.8, 4) is 0 Å². The Labute approximate surface area is 181 Å². The number of hydrogen-bond acceptors (Lipinski definition) is 7. The molecule has 1 aromatic heterocycles. The molecule has 4 rings (SSSR count). The van der Waals surface area contributed by atoms with E-state index in [1.165, 1.54) is 53.6 Å². The first-order chi connectivity index (χ1) is 14.3. The molecule has 3 N–H and O–H groups in total. The van der Waals surface area contributed by atoms with Crippen LogP contribution in [0.3, 0.4) is 0 Å². The number of rotatable bonds is 5. The summed E-state index contributed by atoms with van der Waals surface area (Å²) in [5.41, 5.74) is 1.04. The summed E-state index contributed by atoms with van der Waals surface area (Å²) in [5, 5.41) is 7.37. The Morgan fingerprint density at radius 2 is 1.87 bits per heavy atom. The minimum absolute atomic E-state index is 0.0284. The standard InChI is InChI=1S/C19H16N4O4S3/c1-19(17(25)22-14-4-2-3-5-15(14)29-19)16(24)21-12-6-8-13(9-7-12)30(26,27)23-18-20-10-11-28-18/h2-11H,1H3,(H,20,23)(H,21,24)(H,22,25). The Hall–Kier alpha value is -2.89. The van der Waals surface area contributed by atoms with Gasteiger partial charge in [-0.25, -0.2) is 13.4 Å². The number of nitrogens with zero attached hydrogens (tertiary/aromatic N) is 1. The molecule has 0 fully saturated rings. The summed E-state index contributed by atoms with van der Waals surface area (Å²) in [6.07, 6.45) is 1.50. The van der Waals surface area contributed by atoms with Gasteiger partial charge in [-0.2, -0.15) is 0 Å². The first kappa shape index (κ1) is 20.4. The quantitative estimate of drug-likeness (QED) is 0.503. The van der Waals surface area contributed by atoms with E-state index in [2.05, 4.69) is 20.3 Å². The van der Waals surface area contributed by atoms with E-state index in [-0.39, 0.29) is 10.0 Å².